The number of carbonyl (C=O) groups excluding carboxylic acids is 4. The number of amides is 1. The zero-order valence-electron chi connectivity index (χ0n) is 16.6. The van der Waals surface area contributed by atoms with Crippen LogP contribution in [0.4, 0.5) is 0 Å². The lowest BCUT2D eigenvalue weighted by molar-refractivity contribution is -0.140. The van der Waals surface area contributed by atoms with Crippen molar-refractivity contribution in [3.05, 3.63) is 59.7 Å². The largest absolute Gasteiger partial charge is 0.480 e. The topological polar surface area (TPSA) is 145 Å². The van der Waals surface area contributed by atoms with Gasteiger partial charge < -0.3 is 24.6 Å². The fraction of sp³-hybridized carbons (Fsp3) is 0.190. The molecule has 1 atom stereocenters. The van der Waals surface area contributed by atoms with Gasteiger partial charge in [0, 0.05) is 13.8 Å². The average molecular weight is 429 g/mol. The van der Waals surface area contributed by atoms with Gasteiger partial charge in [0.2, 0.25) is 0 Å². The first-order valence-electron chi connectivity index (χ1n) is 8.94. The lowest BCUT2D eigenvalue weighted by atomic mass is 10.1. The van der Waals surface area contributed by atoms with Crippen LogP contribution in [0.25, 0.3) is 0 Å². The number of nitrogens with one attached hydrogen (secondary N) is 1. The number of rotatable bonds is 8. The number of carbonyl (C=O) groups is 5. The van der Waals surface area contributed by atoms with Crippen molar-refractivity contribution in [3.8, 4) is 11.5 Å². The number of hydrogen-bond acceptors (Lipinski definition) is 8. The summed E-state index contributed by atoms with van der Waals surface area (Å²) < 4.78 is 14.9. The lowest BCUT2D eigenvalue weighted by Gasteiger charge is -2.16. The predicted octanol–water partition coefficient (Wildman–Crippen LogP) is 1.58. The Bertz CT molecular complexity index is 1020. The number of ether oxygens (including phenoxy) is 3. The van der Waals surface area contributed by atoms with Crippen molar-refractivity contribution in [2.24, 2.45) is 0 Å². The standard InChI is InChI=1S/C21H19NO9/c1-12(23)30-17-9-5-3-7-14(17)19(25)22-16(20(26)27)11-29-21(28)15-8-4-6-10-18(15)31-13(2)24/h3-10,16H,11H2,1-2H3,(H,22,25)(H,26,27). The summed E-state index contributed by atoms with van der Waals surface area (Å²) in [6, 6.07) is 9.91. The molecule has 10 heteroatoms. The number of benzene rings is 2. The fourth-order valence-electron chi connectivity index (χ4n) is 2.42. The molecule has 0 radical (unpaired) electrons. The monoisotopic (exact) mass is 429 g/mol. The maximum absolute atomic E-state index is 12.5. The van der Waals surface area contributed by atoms with E-state index in [-0.39, 0.29) is 22.6 Å². The van der Waals surface area contributed by atoms with Crippen molar-refractivity contribution in [3.63, 3.8) is 0 Å². The molecule has 0 saturated heterocycles. The van der Waals surface area contributed by atoms with E-state index in [2.05, 4.69) is 5.32 Å². The molecule has 0 aliphatic carbocycles. The second-order valence-corrected chi connectivity index (χ2v) is 6.14. The molecule has 0 spiro atoms. The SMILES string of the molecule is CC(=O)Oc1ccccc1C(=O)NC(COC(=O)c1ccccc1OC(C)=O)C(=O)O. The van der Waals surface area contributed by atoms with Gasteiger partial charge in [-0.15, -0.1) is 0 Å². The molecular weight excluding hydrogens is 410 g/mol. The second kappa shape index (κ2) is 10.5. The number of carboxylic acids is 1. The van der Waals surface area contributed by atoms with Crippen molar-refractivity contribution in [1.82, 2.24) is 5.32 Å². The minimum Gasteiger partial charge on any atom is -0.480 e. The summed E-state index contributed by atoms with van der Waals surface area (Å²) in [4.78, 5) is 58.7. The van der Waals surface area contributed by atoms with E-state index in [1.54, 1.807) is 0 Å². The Labute approximate surface area is 176 Å². The molecule has 0 fully saturated rings. The number of para-hydroxylation sites is 2. The molecule has 0 bridgehead atoms. The average Bonchev–Trinajstić information content (AvgIpc) is 2.70. The minimum absolute atomic E-state index is 0.0498. The Morgan fingerprint density at radius 3 is 1.84 bits per heavy atom. The Balaban J connectivity index is 2.11. The van der Waals surface area contributed by atoms with Gasteiger partial charge in [0.05, 0.1) is 5.56 Å². The van der Waals surface area contributed by atoms with Gasteiger partial charge >= 0.3 is 23.9 Å². The maximum Gasteiger partial charge on any atom is 0.342 e. The van der Waals surface area contributed by atoms with Crippen molar-refractivity contribution >= 4 is 29.8 Å². The highest BCUT2D eigenvalue weighted by molar-refractivity contribution is 5.99. The summed E-state index contributed by atoms with van der Waals surface area (Å²) in [5.41, 5.74) is -0.163. The van der Waals surface area contributed by atoms with Crippen LogP contribution in [0.1, 0.15) is 34.6 Å². The molecule has 2 aromatic carbocycles. The molecule has 1 unspecified atom stereocenters. The third-order valence-electron chi connectivity index (χ3n) is 3.73. The summed E-state index contributed by atoms with van der Waals surface area (Å²) in [5, 5.41) is 11.6. The van der Waals surface area contributed by atoms with E-state index in [1.165, 1.54) is 48.5 Å². The van der Waals surface area contributed by atoms with Crippen molar-refractivity contribution in [2.45, 2.75) is 19.9 Å². The number of aliphatic carboxylic acids is 1. The molecule has 0 aliphatic rings. The maximum atomic E-state index is 12.5. The van der Waals surface area contributed by atoms with Crippen LogP contribution in [-0.2, 0) is 19.1 Å². The van der Waals surface area contributed by atoms with Crippen LogP contribution in [0, 0.1) is 0 Å². The molecule has 0 heterocycles. The number of carboxylic acid groups (broad SMARTS) is 1. The minimum atomic E-state index is -1.59. The van der Waals surface area contributed by atoms with Gasteiger partial charge in [0.15, 0.2) is 6.04 Å². The summed E-state index contributed by atoms with van der Waals surface area (Å²) in [6.45, 7) is 1.61. The van der Waals surface area contributed by atoms with E-state index in [1.807, 2.05) is 0 Å². The molecule has 0 aromatic heterocycles. The Morgan fingerprint density at radius 2 is 1.32 bits per heavy atom. The molecule has 2 aromatic rings. The molecule has 31 heavy (non-hydrogen) atoms. The number of esters is 3. The Kier molecular flexibility index (Phi) is 7.84. The first kappa shape index (κ1) is 23.1. The molecule has 10 nitrogen and oxygen atoms in total. The molecule has 0 saturated carbocycles. The highest BCUT2D eigenvalue weighted by Gasteiger charge is 2.25. The zero-order valence-corrected chi connectivity index (χ0v) is 16.6. The van der Waals surface area contributed by atoms with Crippen LogP contribution in [0.5, 0.6) is 11.5 Å². The van der Waals surface area contributed by atoms with Crippen LogP contribution in [0.2, 0.25) is 0 Å². The fourth-order valence-corrected chi connectivity index (χ4v) is 2.42. The van der Waals surface area contributed by atoms with Crippen LogP contribution in [0.15, 0.2) is 48.5 Å². The normalized spacial score (nSPS) is 11.0. The summed E-state index contributed by atoms with van der Waals surface area (Å²) in [7, 11) is 0. The molecule has 2 N–H and O–H groups in total. The highest BCUT2D eigenvalue weighted by Crippen LogP contribution is 2.20. The van der Waals surface area contributed by atoms with Gasteiger partial charge in [-0.25, -0.2) is 9.59 Å². The van der Waals surface area contributed by atoms with Crippen LogP contribution < -0.4 is 14.8 Å². The summed E-state index contributed by atoms with van der Waals surface area (Å²) in [5.74, 6) is -4.66. The Morgan fingerprint density at radius 1 is 0.839 bits per heavy atom. The molecule has 162 valence electrons. The highest BCUT2D eigenvalue weighted by atomic mass is 16.6. The van der Waals surface area contributed by atoms with E-state index < -0.39 is 42.4 Å². The quantitative estimate of drug-likeness (QED) is 0.472. The van der Waals surface area contributed by atoms with Crippen LogP contribution >= 0.6 is 0 Å². The summed E-state index contributed by atoms with van der Waals surface area (Å²) >= 11 is 0. The second-order valence-electron chi connectivity index (χ2n) is 6.14. The predicted molar refractivity (Wildman–Crippen MR) is 105 cm³/mol. The first-order valence-corrected chi connectivity index (χ1v) is 8.94. The summed E-state index contributed by atoms with van der Waals surface area (Å²) in [6.07, 6.45) is 0. The Hall–Kier alpha value is -4.21. The molecule has 1 amide bonds. The van der Waals surface area contributed by atoms with Crippen molar-refractivity contribution in [2.75, 3.05) is 6.61 Å². The van der Waals surface area contributed by atoms with Crippen molar-refractivity contribution in [1.29, 1.82) is 0 Å². The first-order chi connectivity index (χ1) is 14.7. The van der Waals surface area contributed by atoms with Crippen LogP contribution in [-0.4, -0.2) is 47.5 Å². The molecule has 0 aliphatic heterocycles. The van der Waals surface area contributed by atoms with Crippen LogP contribution in [0.3, 0.4) is 0 Å². The van der Waals surface area contributed by atoms with E-state index >= 15 is 0 Å². The van der Waals surface area contributed by atoms with Crippen molar-refractivity contribution < 1.29 is 43.3 Å². The molecule has 2 rings (SSSR count). The molecular formula is C21H19NO9. The van der Waals surface area contributed by atoms with Gasteiger partial charge in [0.1, 0.15) is 23.7 Å². The third-order valence-corrected chi connectivity index (χ3v) is 3.73. The van der Waals surface area contributed by atoms with Gasteiger partial charge in [0.25, 0.3) is 5.91 Å². The van der Waals surface area contributed by atoms with E-state index in [0.29, 0.717) is 0 Å². The lowest BCUT2D eigenvalue weighted by Crippen LogP contribution is -2.44. The smallest absolute Gasteiger partial charge is 0.342 e. The third kappa shape index (κ3) is 6.67. The van der Waals surface area contributed by atoms with Gasteiger partial charge in [-0.05, 0) is 24.3 Å². The van der Waals surface area contributed by atoms with Gasteiger partial charge in [-0.3, -0.25) is 14.4 Å². The number of hydrogen-bond donors (Lipinski definition) is 2. The van der Waals surface area contributed by atoms with E-state index in [9.17, 15) is 29.1 Å². The van der Waals surface area contributed by atoms with E-state index in [0.717, 1.165) is 13.8 Å². The zero-order chi connectivity index (χ0) is 23.0. The van der Waals surface area contributed by atoms with Gasteiger partial charge in [-0.1, -0.05) is 24.3 Å². The van der Waals surface area contributed by atoms with Gasteiger partial charge in [-0.2, -0.15) is 0 Å². The van der Waals surface area contributed by atoms with E-state index in [4.69, 9.17) is 14.2 Å².